The summed E-state index contributed by atoms with van der Waals surface area (Å²) in [6.07, 6.45) is 1.80. The van der Waals surface area contributed by atoms with Gasteiger partial charge in [-0.1, -0.05) is 18.5 Å². The van der Waals surface area contributed by atoms with Gasteiger partial charge in [-0.3, -0.25) is 5.32 Å². The van der Waals surface area contributed by atoms with Gasteiger partial charge in [-0.05, 0) is 37.6 Å². The van der Waals surface area contributed by atoms with E-state index in [0.29, 0.717) is 45.8 Å². The molecule has 2 aromatic carbocycles. The molecule has 0 atom stereocenters. The van der Waals surface area contributed by atoms with Crippen molar-refractivity contribution in [2.45, 2.75) is 20.3 Å². The number of anilines is 3. The molecule has 0 aliphatic carbocycles. The quantitative estimate of drug-likeness (QED) is 0.431. The largest absolute Gasteiger partial charge is 0.493 e. The molecule has 1 heterocycles. The molecule has 10 heteroatoms. The number of carbonyl (C=O) groups is 1. The van der Waals surface area contributed by atoms with Crippen molar-refractivity contribution in [2.24, 2.45) is 0 Å². The van der Waals surface area contributed by atoms with Crippen LogP contribution in [0.4, 0.5) is 22.0 Å². The molecule has 0 bridgehead atoms. The minimum absolute atomic E-state index is 0. The zero-order valence-electron chi connectivity index (χ0n) is 17.4. The van der Waals surface area contributed by atoms with E-state index in [-0.39, 0.29) is 19.0 Å². The molecule has 2 N–H and O–H groups in total. The molecule has 3 aromatic rings. The van der Waals surface area contributed by atoms with Gasteiger partial charge in [-0.15, -0.1) is 12.4 Å². The van der Waals surface area contributed by atoms with E-state index in [1.54, 1.807) is 32.2 Å². The van der Waals surface area contributed by atoms with E-state index < -0.39 is 6.09 Å². The van der Waals surface area contributed by atoms with E-state index >= 15 is 0 Å². The second-order valence-electron chi connectivity index (χ2n) is 6.26. The Morgan fingerprint density at radius 1 is 1.13 bits per heavy atom. The topological polar surface area (TPSA) is 94.6 Å². The van der Waals surface area contributed by atoms with E-state index in [9.17, 15) is 4.79 Å². The number of amides is 1. The summed E-state index contributed by atoms with van der Waals surface area (Å²) in [4.78, 5) is 20.3. The number of rotatable bonds is 8. The Hall–Kier alpha value is -2.97. The Labute approximate surface area is 191 Å². The maximum atomic E-state index is 11.6. The van der Waals surface area contributed by atoms with Gasteiger partial charge >= 0.3 is 6.09 Å². The summed E-state index contributed by atoms with van der Waals surface area (Å²) in [5.74, 6) is 1.82. The Morgan fingerprint density at radius 2 is 1.94 bits per heavy atom. The normalized spacial score (nSPS) is 10.2. The number of halogens is 2. The minimum atomic E-state index is -0.560. The lowest BCUT2D eigenvalue weighted by Crippen LogP contribution is -2.13. The van der Waals surface area contributed by atoms with Crippen LogP contribution in [0.25, 0.3) is 10.9 Å². The number of carbonyl (C=O) groups excluding carboxylic acids is 1. The van der Waals surface area contributed by atoms with Crippen LogP contribution in [0, 0.1) is 0 Å². The first-order valence-corrected chi connectivity index (χ1v) is 9.89. The number of methoxy groups -OCH3 is 1. The summed E-state index contributed by atoms with van der Waals surface area (Å²) in [6, 6.07) is 8.81. The highest BCUT2D eigenvalue weighted by Gasteiger charge is 2.13. The van der Waals surface area contributed by atoms with E-state index in [1.165, 1.54) is 6.33 Å². The minimum Gasteiger partial charge on any atom is -0.493 e. The van der Waals surface area contributed by atoms with Crippen molar-refractivity contribution >= 4 is 58.2 Å². The van der Waals surface area contributed by atoms with Crippen molar-refractivity contribution in [3.05, 3.63) is 41.7 Å². The molecule has 0 unspecified atom stereocenters. The fourth-order valence-corrected chi connectivity index (χ4v) is 2.98. The van der Waals surface area contributed by atoms with Gasteiger partial charge in [0.1, 0.15) is 12.1 Å². The summed E-state index contributed by atoms with van der Waals surface area (Å²) < 4.78 is 16.1. The molecule has 166 valence electrons. The lowest BCUT2D eigenvalue weighted by Gasteiger charge is -2.14. The van der Waals surface area contributed by atoms with Crippen LogP contribution in [0.5, 0.6) is 11.5 Å². The fourth-order valence-electron chi connectivity index (χ4n) is 2.76. The Bertz CT molecular complexity index is 1050. The molecule has 0 saturated carbocycles. The second kappa shape index (κ2) is 11.4. The standard InChI is InChI=1S/C21H23ClN4O4.ClH/c1-4-8-30-19-11-17-14(10-18(19)28-3)20(24-12-23-17)25-13-6-7-16(15(22)9-13)26-21(27)29-5-2;/h6-7,9-12H,4-5,8H2,1-3H3,(H,26,27)(H,23,24,25);1H. The van der Waals surface area contributed by atoms with Crippen LogP contribution in [0.1, 0.15) is 20.3 Å². The van der Waals surface area contributed by atoms with Gasteiger partial charge in [0, 0.05) is 17.1 Å². The summed E-state index contributed by atoms with van der Waals surface area (Å²) in [5.41, 5.74) is 1.86. The summed E-state index contributed by atoms with van der Waals surface area (Å²) >= 11 is 6.30. The van der Waals surface area contributed by atoms with Gasteiger partial charge in [-0.2, -0.15) is 0 Å². The van der Waals surface area contributed by atoms with Gasteiger partial charge in [0.15, 0.2) is 11.5 Å². The summed E-state index contributed by atoms with van der Waals surface area (Å²) in [5, 5.41) is 6.95. The number of fused-ring (bicyclic) bond motifs is 1. The molecule has 0 aliphatic heterocycles. The van der Waals surface area contributed by atoms with Crippen molar-refractivity contribution in [2.75, 3.05) is 31.0 Å². The smallest absolute Gasteiger partial charge is 0.411 e. The molecule has 8 nitrogen and oxygen atoms in total. The number of ether oxygens (including phenoxy) is 3. The van der Waals surface area contributed by atoms with Gasteiger partial charge in [0.05, 0.1) is 36.6 Å². The molecule has 0 radical (unpaired) electrons. The molecular formula is C21H24Cl2N4O4. The number of aromatic nitrogens is 2. The average molecular weight is 467 g/mol. The van der Waals surface area contributed by atoms with Crippen LogP contribution in [0.2, 0.25) is 5.02 Å². The zero-order valence-corrected chi connectivity index (χ0v) is 19.0. The number of benzene rings is 2. The van der Waals surface area contributed by atoms with Crippen molar-refractivity contribution in [3.8, 4) is 11.5 Å². The Morgan fingerprint density at radius 3 is 2.61 bits per heavy atom. The SMILES string of the molecule is CCCOc1cc2ncnc(Nc3ccc(NC(=O)OCC)c(Cl)c3)c2cc1OC.Cl. The third-order valence-electron chi connectivity index (χ3n) is 4.13. The first kappa shape index (κ1) is 24.3. The third-order valence-corrected chi connectivity index (χ3v) is 4.44. The van der Waals surface area contributed by atoms with E-state index in [1.807, 2.05) is 19.1 Å². The Balaban J connectivity index is 0.00000341. The van der Waals surface area contributed by atoms with Gasteiger partial charge in [0.25, 0.3) is 0 Å². The molecule has 0 fully saturated rings. The van der Waals surface area contributed by atoms with Crippen molar-refractivity contribution in [3.63, 3.8) is 0 Å². The highest BCUT2D eigenvalue weighted by Crippen LogP contribution is 2.35. The highest BCUT2D eigenvalue weighted by atomic mass is 35.5. The van der Waals surface area contributed by atoms with Crippen molar-refractivity contribution in [1.82, 2.24) is 9.97 Å². The van der Waals surface area contributed by atoms with E-state index in [4.69, 9.17) is 25.8 Å². The predicted molar refractivity (Wildman–Crippen MR) is 125 cm³/mol. The molecule has 0 spiro atoms. The first-order chi connectivity index (χ1) is 14.5. The Kier molecular flexibility index (Phi) is 8.96. The van der Waals surface area contributed by atoms with Gasteiger partial charge in [0.2, 0.25) is 0 Å². The van der Waals surface area contributed by atoms with Crippen LogP contribution in [-0.2, 0) is 4.74 Å². The molecular weight excluding hydrogens is 443 g/mol. The third kappa shape index (κ3) is 6.02. The molecule has 1 amide bonds. The first-order valence-electron chi connectivity index (χ1n) is 9.51. The maximum Gasteiger partial charge on any atom is 0.411 e. The van der Waals surface area contributed by atoms with Crippen LogP contribution >= 0.6 is 24.0 Å². The molecule has 3 rings (SSSR count). The van der Waals surface area contributed by atoms with Crippen molar-refractivity contribution < 1.29 is 19.0 Å². The summed E-state index contributed by atoms with van der Waals surface area (Å²) in [6.45, 7) is 4.63. The van der Waals surface area contributed by atoms with Crippen LogP contribution in [0.15, 0.2) is 36.7 Å². The maximum absolute atomic E-state index is 11.6. The number of nitrogens with one attached hydrogen (secondary N) is 2. The van der Waals surface area contributed by atoms with Gasteiger partial charge < -0.3 is 19.5 Å². The predicted octanol–water partition coefficient (Wildman–Crippen LogP) is 5.81. The average Bonchev–Trinajstić information content (AvgIpc) is 2.74. The van der Waals surface area contributed by atoms with Crippen LogP contribution < -0.4 is 20.1 Å². The number of hydrogen-bond donors (Lipinski definition) is 2. The summed E-state index contributed by atoms with van der Waals surface area (Å²) in [7, 11) is 1.59. The van der Waals surface area contributed by atoms with Crippen LogP contribution in [0.3, 0.4) is 0 Å². The zero-order chi connectivity index (χ0) is 21.5. The second-order valence-corrected chi connectivity index (χ2v) is 6.66. The number of nitrogens with zero attached hydrogens (tertiary/aromatic N) is 2. The lowest BCUT2D eigenvalue weighted by atomic mass is 10.2. The molecule has 1 aromatic heterocycles. The van der Waals surface area contributed by atoms with E-state index in [0.717, 1.165) is 11.8 Å². The molecule has 0 aliphatic rings. The van der Waals surface area contributed by atoms with Crippen molar-refractivity contribution in [1.29, 1.82) is 0 Å². The highest BCUT2D eigenvalue weighted by molar-refractivity contribution is 6.34. The molecule has 31 heavy (non-hydrogen) atoms. The van der Waals surface area contributed by atoms with Gasteiger partial charge in [-0.25, -0.2) is 14.8 Å². The lowest BCUT2D eigenvalue weighted by molar-refractivity contribution is 0.168. The van der Waals surface area contributed by atoms with Crippen LogP contribution in [-0.4, -0.2) is 36.4 Å². The van der Waals surface area contributed by atoms with E-state index in [2.05, 4.69) is 20.6 Å². The molecule has 0 saturated heterocycles. The number of hydrogen-bond acceptors (Lipinski definition) is 7. The monoisotopic (exact) mass is 466 g/mol. The fraction of sp³-hybridized carbons (Fsp3) is 0.286.